The first-order chi connectivity index (χ1) is 8.65. The summed E-state index contributed by atoms with van der Waals surface area (Å²) in [6.07, 6.45) is 6.30. The quantitative estimate of drug-likeness (QED) is 0.596. The van der Waals surface area contributed by atoms with Gasteiger partial charge in [0.15, 0.2) is 6.54 Å². The van der Waals surface area contributed by atoms with Gasteiger partial charge in [-0.05, 0) is 6.92 Å². The molecule has 0 aliphatic rings. The van der Waals surface area contributed by atoms with Gasteiger partial charge in [-0.2, -0.15) is 0 Å². The van der Waals surface area contributed by atoms with Crippen LogP contribution in [0.5, 0.6) is 0 Å². The normalized spacial score (nSPS) is 10.6. The lowest BCUT2D eigenvalue weighted by atomic mass is 10.3. The highest BCUT2D eigenvalue weighted by atomic mass is 32.1. The summed E-state index contributed by atoms with van der Waals surface area (Å²) in [6.45, 7) is 2.63. The van der Waals surface area contributed by atoms with E-state index in [-0.39, 0.29) is 12.5 Å². The van der Waals surface area contributed by atoms with Crippen molar-refractivity contribution in [2.75, 3.05) is 6.61 Å². The molecule has 0 saturated heterocycles. The number of thiazole rings is 1. The van der Waals surface area contributed by atoms with E-state index in [0.29, 0.717) is 6.61 Å². The SMILES string of the molecule is Cc1ncsc1CCOC(=O)Cn1cc[n+](C)c1. The van der Waals surface area contributed by atoms with Crippen LogP contribution in [-0.4, -0.2) is 22.1 Å². The minimum Gasteiger partial charge on any atom is -0.462 e. The molecule has 2 rings (SSSR count). The Morgan fingerprint density at radius 2 is 2.44 bits per heavy atom. The van der Waals surface area contributed by atoms with E-state index in [9.17, 15) is 4.79 Å². The molecule has 96 valence electrons. The summed E-state index contributed by atoms with van der Waals surface area (Å²) in [5, 5.41) is 0. The second-order valence-electron chi connectivity index (χ2n) is 4.08. The molecule has 0 aliphatic carbocycles. The molecular formula is C12H16N3O2S+. The number of imidazole rings is 1. The zero-order valence-electron chi connectivity index (χ0n) is 10.5. The Kier molecular flexibility index (Phi) is 4.09. The maximum absolute atomic E-state index is 11.6. The number of nitrogens with zero attached hydrogens (tertiary/aromatic N) is 3. The zero-order valence-corrected chi connectivity index (χ0v) is 11.3. The van der Waals surface area contributed by atoms with Crippen LogP contribution in [0.4, 0.5) is 0 Å². The molecule has 0 unspecified atom stereocenters. The van der Waals surface area contributed by atoms with Gasteiger partial charge in [-0.25, -0.2) is 18.9 Å². The third kappa shape index (κ3) is 3.40. The summed E-state index contributed by atoms with van der Waals surface area (Å²) >= 11 is 1.60. The van der Waals surface area contributed by atoms with Gasteiger partial charge in [0.25, 0.3) is 0 Å². The minimum atomic E-state index is -0.214. The molecule has 0 N–H and O–H groups in total. The fraction of sp³-hybridized carbons (Fsp3) is 0.417. The number of aromatic nitrogens is 3. The van der Waals surface area contributed by atoms with E-state index < -0.39 is 0 Å². The van der Waals surface area contributed by atoms with E-state index in [2.05, 4.69) is 4.98 Å². The smallest absolute Gasteiger partial charge is 0.348 e. The molecule has 0 saturated carbocycles. The molecule has 0 bridgehead atoms. The van der Waals surface area contributed by atoms with Crippen molar-refractivity contribution >= 4 is 17.3 Å². The van der Waals surface area contributed by atoms with E-state index in [1.54, 1.807) is 15.9 Å². The highest BCUT2D eigenvalue weighted by Crippen LogP contribution is 2.12. The molecule has 0 aromatic carbocycles. The van der Waals surface area contributed by atoms with Crippen LogP contribution in [0, 0.1) is 6.92 Å². The Labute approximate surface area is 110 Å². The average Bonchev–Trinajstić information content (AvgIpc) is 2.89. The predicted octanol–water partition coefficient (Wildman–Crippen LogP) is 0.863. The van der Waals surface area contributed by atoms with Crippen molar-refractivity contribution < 1.29 is 14.1 Å². The van der Waals surface area contributed by atoms with Crippen LogP contribution in [-0.2, 0) is 29.5 Å². The van der Waals surface area contributed by atoms with Gasteiger partial charge in [0, 0.05) is 11.3 Å². The van der Waals surface area contributed by atoms with E-state index in [0.717, 1.165) is 12.1 Å². The van der Waals surface area contributed by atoms with Crippen LogP contribution in [0.2, 0.25) is 0 Å². The molecule has 18 heavy (non-hydrogen) atoms. The Hall–Kier alpha value is -1.69. The summed E-state index contributed by atoms with van der Waals surface area (Å²) < 4.78 is 8.87. The fourth-order valence-corrected chi connectivity index (χ4v) is 2.38. The lowest BCUT2D eigenvalue weighted by Gasteiger charge is -2.02. The first kappa shape index (κ1) is 12.8. The van der Waals surface area contributed by atoms with E-state index in [4.69, 9.17) is 4.74 Å². The molecule has 2 heterocycles. The topological polar surface area (TPSA) is 48.0 Å². The summed E-state index contributed by atoms with van der Waals surface area (Å²) in [5.41, 5.74) is 2.83. The Balaban J connectivity index is 1.74. The predicted molar refractivity (Wildman–Crippen MR) is 67.1 cm³/mol. The van der Waals surface area contributed by atoms with E-state index >= 15 is 0 Å². The van der Waals surface area contributed by atoms with E-state index in [1.807, 2.05) is 42.8 Å². The van der Waals surface area contributed by atoms with Crippen LogP contribution in [0.3, 0.4) is 0 Å². The average molecular weight is 266 g/mol. The van der Waals surface area contributed by atoms with E-state index in [1.165, 1.54) is 4.88 Å². The Morgan fingerprint density at radius 1 is 1.61 bits per heavy atom. The molecule has 5 nitrogen and oxygen atoms in total. The number of rotatable bonds is 5. The first-order valence-corrected chi connectivity index (χ1v) is 6.58. The van der Waals surface area contributed by atoms with Gasteiger partial charge in [-0.1, -0.05) is 0 Å². The van der Waals surface area contributed by atoms with Crippen molar-refractivity contribution in [3.8, 4) is 0 Å². The maximum Gasteiger partial charge on any atom is 0.348 e. The lowest BCUT2D eigenvalue weighted by Crippen LogP contribution is -2.24. The number of carbonyl (C=O) groups excluding carboxylic acids is 1. The zero-order chi connectivity index (χ0) is 13.0. The molecule has 0 radical (unpaired) electrons. The highest BCUT2D eigenvalue weighted by molar-refractivity contribution is 7.09. The second-order valence-corrected chi connectivity index (χ2v) is 5.02. The minimum absolute atomic E-state index is 0.214. The maximum atomic E-state index is 11.6. The molecule has 0 aliphatic heterocycles. The van der Waals surface area contributed by atoms with Gasteiger partial charge in [0.1, 0.15) is 12.4 Å². The third-order valence-electron chi connectivity index (χ3n) is 2.57. The Morgan fingerprint density at radius 3 is 3.06 bits per heavy atom. The fourth-order valence-electron chi connectivity index (χ4n) is 1.61. The number of esters is 1. The van der Waals surface area contributed by atoms with Gasteiger partial charge < -0.3 is 4.74 Å². The molecule has 2 aromatic heterocycles. The summed E-state index contributed by atoms with van der Waals surface area (Å²) in [4.78, 5) is 16.9. The number of aryl methyl sites for hydroxylation is 2. The van der Waals surface area contributed by atoms with Gasteiger partial charge in [-0.3, -0.25) is 0 Å². The summed E-state index contributed by atoms with van der Waals surface area (Å²) in [5.74, 6) is -0.214. The van der Waals surface area contributed by atoms with Gasteiger partial charge >= 0.3 is 5.97 Å². The highest BCUT2D eigenvalue weighted by Gasteiger charge is 2.09. The second kappa shape index (κ2) is 5.77. The number of ether oxygens (including phenoxy) is 1. The molecule has 0 atom stereocenters. The molecular weight excluding hydrogens is 250 g/mol. The van der Waals surface area contributed by atoms with Gasteiger partial charge in [0.05, 0.1) is 24.9 Å². The lowest BCUT2D eigenvalue weighted by molar-refractivity contribution is -0.671. The number of hydrogen-bond acceptors (Lipinski definition) is 4. The van der Waals surface area contributed by atoms with Gasteiger partial charge in [0.2, 0.25) is 6.33 Å². The van der Waals surface area contributed by atoms with Gasteiger partial charge in [-0.15, -0.1) is 11.3 Å². The van der Waals surface area contributed by atoms with Crippen molar-refractivity contribution in [2.24, 2.45) is 7.05 Å². The molecule has 0 spiro atoms. The van der Waals surface area contributed by atoms with Crippen LogP contribution < -0.4 is 4.57 Å². The standard InChI is InChI=1S/C12H16N3O2S/c1-10-11(18-8-13-10)3-6-17-12(16)7-15-5-4-14(2)9-15/h4-5,8-9H,3,6-7H2,1-2H3/q+1. The molecule has 6 heteroatoms. The van der Waals surface area contributed by atoms with Crippen molar-refractivity contribution in [3.05, 3.63) is 34.8 Å². The van der Waals surface area contributed by atoms with Crippen molar-refractivity contribution in [1.29, 1.82) is 0 Å². The largest absolute Gasteiger partial charge is 0.462 e. The summed E-state index contributed by atoms with van der Waals surface area (Å²) in [7, 11) is 1.91. The monoisotopic (exact) mass is 266 g/mol. The number of carbonyl (C=O) groups is 1. The van der Waals surface area contributed by atoms with Crippen molar-refractivity contribution in [1.82, 2.24) is 9.55 Å². The van der Waals surface area contributed by atoms with Crippen LogP contribution >= 0.6 is 11.3 Å². The molecule has 2 aromatic rings. The molecule has 0 fully saturated rings. The van der Waals surface area contributed by atoms with Crippen molar-refractivity contribution in [3.63, 3.8) is 0 Å². The first-order valence-electron chi connectivity index (χ1n) is 5.71. The van der Waals surface area contributed by atoms with Crippen molar-refractivity contribution in [2.45, 2.75) is 19.9 Å². The van der Waals surface area contributed by atoms with Crippen LogP contribution in [0.25, 0.3) is 0 Å². The Bertz CT molecular complexity index is 533. The molecule has 0 amide bonds. The summed E-state index contributed by atoms with van der Waals surface area (Å²) in [6, 6.07) is 0. The third-order valence-corrected chi connectivity index (χ3v) is 3.57. The van der Waals surface area contributed by atoms with Crippen LogP contribution in [0.1, 0.15) is 10.6 Å². The van der Waals surface area contributed by atoms with Crippen LogP contribution in [0.15, 0.2) is 24.2 Å². The number of hydrogen-bond donors (Lipinski definition) is 0.